The van der Waals surface area contributed by atoms with Crippen LogP contribution in [0.25, 0.3) is 0 Å². The van der Waals surface area contributed by atoms with E-state index in [9.17, 15) is 10.2 Å². The molecule has 2 heterocycles. The fraction of sp³-hybridized carbons (Fsp3) is 0.304. The number of benzene rings is 2. The zero-order valence-corrected chi connectivity index (χ0v) is 16.5. The number of hydrogen-bond acceptors (Lipinski definition) is 6. The van der Waals surface area contributed by atoms with Gasteiger partial charge in [-0.1, -0.05) is 60.7 Å². The number of rotatable bonds is 8. The molecule has 0 saturated heterocycles. The van der Waals surface area contributed by atoms with Crippen LogP contribution in [0.1, 0.15) is 23.3 Å². The van der Waals surface area contributed by atoms with Crippen molar-refractivity contribution >= 4 is 0 Å². The van der Waals surface area contributed by atoms with Crippen molar-refractivity contribution in [3.8, 4) is 0 Å². The Morgan fingerprint density at radius 2 is 0.966 bits per heavy atom. The second-order valence-electron chi connectivity index (χ2n) is 7.59. The maximum absolute atomic E-state index is 10.4. The molecule has 6 nitrogen and oxygen atoms in total. The van der Waals surface area contributed by atoms with Crippen LogP contribution in [0.4, 0.5) is 0 Å². The molecule has 0 bridgehead atoms. The minimum absolute atomic E-state index is 0.498. The van der Waals surface area contributed by atoms with E-state index in [1.807, 2.05) is 73.1 Å². The van der Waals surface area contributed by atoms with Crippen LogP contribution in [0.5, 0.6) is 0 Å². The van der Waals surface area contributed by atoms with Gasteiger partial charge in [-0.15, -0.1) is 0 Å². The Kier molecular flexibility index (Phi) is 6.03. The molecule has 2 aromatic carbocycles. The molecule has 152 valence electrons. The van der Waals surface area contributed by atoms with Gasteiger partial charge in [0.2, 0.25) is 0 Å². The zero-order chi connectivity index (χ0) is 20.1. The summed E-state index contributed by atoms with van der Waals surface area (Å²) in [6, 6.07) is 19.5. The molecular formula is C23H28N4O2. The van der Waals surface area contributed by atoms with E-state index < -0.39 is 12.2 Å². The number of aliphatic hydroxyl groups is 2. The van der Waals surface area contributed by atoms with Crippen molar-refractivity contribution in [1.82, 2.24) is 19.6 Å². The van der Waals surface area contributed by atoms with E-state index in [2.05, 4.69) is 32.0 Å². The molecule has 0 fully saturated rings. The predicted molar refractivity (Wildman–Crippen MR) is 113 cm³/mol. The van der Waals surface area contributed by atoms with Crippen molar-refractivity contribution in [3.05, 3.63) is 96.6 Å². The Bertz CT molecular complexity index is 758. The first-order valence-corrected chi connectivity index (χ1v) is 9.96. The summed E-state index contributed by atoms with van der Waals surface area (Å²) < 4.78 is 0. The summed E-state index contributed by atoms with van der Waals surface area (Å²) in [5, 5.41) is 20.8. The molecule has 0 spiro atoms. The third kappa shape index (κ3) is 5.10. The first-order valence-electron chi connectivity index (χ1n) is 9.96. The van der Waals surface area contributed by atoms with Crippen LogP contribution in [0.2, 0.25) is 0 Å². The van der Waals surface area contributed by atoms with E-state index in [-0.39, 0.29) is 0 Å². The van der Waals surface area contributed by atoms with Gasteiger partial charge in [-0.25, -0.2) is 0 Å². The lowest BCUT2D eigenvalue weighted by Crippen LogP contribution is -2.37. The van der Waals surface area contributed by atoms with Crippen LogP contribution < -0.4 is 0 Å². The molecule has 0 aliphatic carbocycles. The van der Waals surface area contributed by atoms with Crippen molar-refractivity contribution in [3.63, 3.8) is 0 Å². The highest BCUT2D eigenvalue weighted by atomic mass is 16.3. The van der Waals surface area contributed by atoms with Gasteiger partial charge in [0.1, 0.15) is 0 Å². The third-order valence-electron chi connectivity index (χ3n) is 5.25. The van der Waals surface area contributed by atoms with E-state index >= 15 is 0 Å². The normalized spacial score (nSPS) is 18.0. The smallest absolute Gasteiger partial charge is 0.0965 e. The molecule has 0 radical (unpaired) electrons. The summed E-state index contributed by atoms with van der Waals surface area (Å²) in [5.74, 6) is 0. The summed E-state index contributed by atoms with van der Waals surface area (Å²) in [6.07, 6.45) is 7.19. The zero-order valence-electron chi connectivity index (χ0n) is 16.5. The Balaban J connectivity index is 1.20. The lowest BCUT2D eigenvalue weighted by atomic mass is 10.1. The number of β-amino-alcohol motifs (C(OH)–C–C–N with tert-alkyl or cyclic N) is 2. The molecule has 2 N–H and O–H groups in total. The fourth-order valence-corrected chi connectivity index (χ4v) is 3.69. The van der Waals surface area contributed by atoms with Crippen LogP contribution in [0, 0.1) is 0 Å². The van der Waals surface area contributed by atoms with Crippen LogP contribution in [0.3, 0.4) is 0 Å². The molecule has 29 heavy (non-hydrogen) atoms. The van der Waals surface area contributed by atoms with Gasteiger partial charge in [0.15, 0.2) is 0 Å². The van der Waals surface area contributed by atoms with Gasteiger partial charge in [0.05, 0.1) is 32.2 Å². The predicted octanol–water partition coefficient (Wildman–Crippen LogP) is 2.50. The van der Waals surface area contributed by atoms with Gasteiger partial charge in [0, 0.05) is 37.9 Å². The van der Waals surface area contributed by atoms with Crippen molar-refractivity contribution in [2.45, 2.75) is 12.2 Å². The second kappa shape index (κ2) is 9.03. The van der Waals surface area contributed by atoms with Crippen LogP contribution in [-0.2, 0) is 0 Å². The average Bonchev–Trinajstić information content (AvgIpc) is 3.38. The molecule has 2 atom stereocenters. The molecule has 6 heteroatoms. The highest BCUT2D eigenvalue weighted by molar-refractivity contribution is 5.18. The van der Waals surface area contributed by atoms with Crippen molar-refractivity contribution in [2.24, 2.45) is 0 Å². The van der Waals surface area contributed by atoms with Gasteiger partial charge in [0.25, 0.3) is 0 Å². The Morgan fingerprint density at radius 1 is 0.586 bits per heavy atom. The highest BCUT2D eigenvalue weighted by Crippen LogP contribution is 2.19. The Labute approximate surface area is 172 Å². The number of aliphatic hydroxyl groups excluding tert-OH is 2. The standard InChI is InChI=1S/C23H28N4O2/c28-22(20-7-3-1-4-8-20)15-24-11-13-26(17-24)19-27-14-12-25(18-27)16-23(29)21-9-5-2-6-10-21/h1-14,22-23,28-29H,15-19H2/t22-,23-/m0/s1. The molecule has 4 rings (SSSR count). The summed E-state index contributed by atoms with van der Waals surface area (Å²) >= 11 is 0. The monoisotopic (exact) mass is 392 g/mol. The largest absolute Gasteiger partial charge is 0.387 e. The van der Waals surface area contributed by atoms with Crippen LogP contribution >= 0.6 is 0 Å². The topological polar surface area (TPSA) is 53.4 Å². The molecular weight excluding hydrogens is 364 g/mol. The molecule has 2 aromatic rings. The molecule has 2 aliphatic rings. The van der Waals surface area contributed by atoms with Crippen LogP contribution in [0.15, 0.2) is 85.5 Å². The van der Waals surface area contributed by atoms with Gasteiger partial charge in [-0.2, -0.15) is 0 Å². The summed E-state index contributed by atoms with van der Waals surface area (Å²) in [4.78, 5) is 8.65. The van der Waals surface area contributed by atoms with E-state index in [4.69, 9.17) is 0 Å². The van der Waals surface area contributed by atoms with Gasteiger partial charge < -0.3 is 29.8 Å². The maximum Gasteiger partial charge on any atom is 0.0965 e. The fourth-order valence-electron chi connectivity index (χ4n) is 3.69. The van der Waals surface area contributed by atoms with E-state index in [1.165, 1.54) is 0 Å². The molecule has 0 amide bonds. The molecule has 2 aliphatic heterocycles. The number of nitrogens with zero attached hydrogens (tertiary/aromatic N) is 4. The summed E-state index contributed by atoms with van der Waals surface area (Å²) in [6.45, 7) is 3.41. The first kappa shape index (κ1) is 19.4. The molecule has 0 aromatic heterocycles. The molecule has 0 saturated carbocycles. The lowest BCUT2D eigenvalue weighted by Gasteiger charge is -2.28. The van der Waals surface area contributed by atoms with E-state index in [0.29, 0.717) is 13.1 Å². The maximum atomic E-state index is 10.4. The lowest BCUT2D eigenvalue weighted by molar-refractivity contribution is 0.0989. The van der Waals surface area contributed by atoms with Gasteiger partial charge in [-0.05, 0) is 11.1 Å². The first-order chi connectivity index (χ1) is 14.2. The average molecular weight is 393 g/mol. The number of hydrogen-bond donors (Lipinski definition) is 2. The van der Waals surface area contributed by atoms with Crippen molar-refractivity contribution in [2.75, 3.05) is 33.1 Å². The van der Waals surface area contributed by atoms with E-state index in [1.54, 1.807) is 0 Å². The summed E-state index contributed by atoms with van der Waals surface area (Å²) in [7, 11) is 0. The third-order valence-corrected chi connectivity index (χ3v) is 5.25. The van der Waals surface area contributed by atoms with Gasteiger partial charge >= 0.3 is 0 Å². The Hall–Kier alpha value is -2.96. The van der Waals surface area contributed by atoms with E-state index in [0.717, 1.165) is 31.1 Å². The van der Waals surface area contributed by atoms with Gasteiger partial charge in [-0.3, -0.25) is 0 Å². The highest BCUT2D eigenvalue weighted by Gasteiger charge is 2.21. The summed E-state index contributed by atoms with van der Waals surface area (Å²) in [5.41, 5.74) is 1.88. The minimum atomic E-state index is -0.498. The van der Waals surface area contributed by atoms with Crippen LogP contribution in [-0.4, -0.2) is 62.9 Å². The Morgan fingerprint density at radius 3 is 1.38 bits per heavy atom. The molecule has 0 unspecified atom stereocenters. The van der Waals surface area contributed by atoms with Crippen molar-refractivity contribution in [1.29, 1.82) is 0 Å². The minimum Gasteiger partial charge on any atom is -0.387 e. The SMILES string of the molecule is O[C@@H](CN1C=CN(CN2C=CN(C[C@H](O)c3ccccc3)C2)C1)c1ccccc1. The van der Waals surface area contributed by atoms with Crippen molar-refractivity contribution < 1.29 is 10.2 Å². The second-order valence-corrected chi connectivity index (χ2v) is 7.59. The quantitative estimate of drug-likeness (QED) is 0.720.